The van der Waals surface area contributed by atoms with Gasteiger partial charge in [-0.3, -0.25) is 4.79 Å². The van der Waals surface area contributed by atoms with E-state index in [2.05, 4.69) is 10.6 Å². The lowest BCUT2D eigenvalue weighted by Gasteiger charge is -2.16. The van der Waals surface area contributed by atoms with E-state index in [-0.39, 0.29) is 0 Å². The van der Waals surface area contributed by atoms with Crippen molar-refractivity contribution in [3.05, 3.63) is 29.3 Å². The number of nitrogens with one attached hydrogen (secondary N) is 2. The first-order valence-electron chi connectivity index (χ1n) is 6.56. The topological polar surface area (TPSA) is 50.4 Å². The van der Waals surface area contributed by atoms with Gasteiger partial charge in [-0.1, -0.05) is 6.92 Å². The highest BCUT2D eigenvalue weighted by Crippen LogP contribution is 2.24. The number of ether oxygens (including phenoxy) is 1. The van der Waals surface area contributed by atoms with Crippen molar-refractivity contribution in [2.24, 2.45) is 0 Å². The van der Waals surface area contributed by atoms with Crippen molar-refractivity contribution >= 4 is 5.91 Å². The Morgan fingerprint density at radius 3 is 2.45 bits per heavy atom. The monoisotopic (exact) mass is 286 g/mol. The Labute approximate surface area is 117 Å². The maximum Gasteiger partial charge on any atom is 0.260 e. The summed E-state index contributed by atoms with van der Waals surface area (Å²) >= 11 is 0. The minimum Gasteiger partial charge on any atom is -0.475 e. The number of rotatable bonds is 7. The minimum absolute atomic E-state index is 0.348. The summed E-state index contributed by atoms with van der Waals surface area (Å²) < 4.78 is 32.7. The number of carbonyl (C=O) groups excluding carboxylic acids is 1. The first-order chi connectivity index (χ1) is 9.49. The third-order valence-electron chi connectivity index (χ3n) is 2.65. The second-order valence-corrected chi connectivity index (χ2v) is 4.47. The van der Waals surface area contributed by atoms with Crippen molar-refractivity contribution in [1.29, 1.82) is 0 Å². The third-order valence-corrected chi connectivity index (χ3v) is 2.65. The van der Waals surface area contributed by atoms with E-state index in [1.165, 1.54) is 19.1 Å². The van der Waals surface area contributed by atoms with Gasteiger partial charge in [0.1, 0.15) is 0 Å². The first-order valence-corrected chi connectivity index (χ1v) is 6.56. The molecule has 0 aliphatic heterocycles. The molecule has 0 aliphatic rings. The second kappa shape index (κ2) is 7.79. The Bertz CT molecular complexity index is 443. The molecule has 0 aliphatic carbocycles. The largest absolute Gasteiger partial charge is 0.475 e. The van der Waals surface area contributed by atoms with Crippen LogP contribution in [0.5, 0.6) is 5.75 Å². The van der Waals surface area contributed by atoms with Crippen LogP contribution >= 0.6 is 0 Å². The minimum atomic E-state index is -0.958. The molecule has 0 heterocycles. The van der Waals surface area contributed by atoms with E-state index in [0.29, 0.717) is 18.7 Å². The Kier molecular flexibility index (Phi) is 6.38. The lowest BCUT2D eigenvalue weighted by molar-refractivity contribution is -0.127. The average Bonchev–Trinajstić information content (AvgIpc) is 2.40. The molecule has 1 unspecified atom stereocenters. The van der Waals surface area contributed by atoms with Gasteiger partial charge < -0.3 is 15.4 Å². The molecule has 2 N–H and O–H groups in total. The molecule has 1 aromatic carbocycles. The van der Waals surface area contributed by atoms with E-state index >= 15 is 0 Å². The maximum atomic E-state index is 13.8. The van der Waals surface area contributed by atoms with Crippen molar-refractivity contribution in [2.45, 2.75) is 32.9 Å². The van der Waals surface area contributed by atoms with Crippen molar-refractivity contribution in [3.63, 3.8) is 0 Å². The maximum absolute atomic E-state index is 13.8. The molecule has 4 nitrogen and oxygen atoms in total. The van der Waals surface area contributed by atoms with Crippen LogP contribution in [0.1, 0.15) is 25.8 Å². The molecule has 1 rings (SSSR count). The number of carbonyl (C=O) groups is 1. The molecule has 1 atom stereocenters. The van der Waals surface area contributed by atoms with Crippen LogP contribution in [0.3, 0.4) is 0 Å². The van der Waals surface area contributed by atoms with Gasteiger partial charge in [-0.15, -0.1) is 0 Å². The summed E-state index contributed by atoms with van der Waals surface area (Å²) in [6.45, 7) is 4.20. The predicted octanol–water partition coefficient (Wildman–Crippen LogP) is 1.98. The lowest BCUT2D eigenvalue weighted by atomic mass is 10.2. The number of amides is 1. The van der Waals surface area contributed by atoms with E-state index in [4.69, 9.17) is 4.74 Å². The zero-order valence-corrected chi connectivity index (χ0v) is 11.9. The van der Waals surface area contributed by atoms with Crippen molar-refractivity contribution < 1.29 is 18.3 Å². The van der Waals surface area contributed by atoms with E-state index in [0.717, 1.165) is 6.42 Å². The molecule has 1 amide bonds. The van der Waals surface area contributed by atoms with E-state index < -0.39 is 29.4 Å². The fourth-order valence-electron chi connectivity index (χ4n) is 1.65. The zero-order valence-electron chi connectivity index (χ0n) is 11.9. The van der Waals surface area contributed by atoms with Crippen molar-refractivity contribution in [2.75, 3.05) is 13.6 Å². The zero-order chi connectivity index (χ0) is 15.1. The van der Waals surface area contributed by atoms with Gasteiger partial charge in [-0.05, 0) is 38.1 Å². The molecule has 0 saturated carbocycles. The SMILES string of the molecule is CCCNC(=O)C(C)Oc1c(F)cc(CNC)cc1F. The van der Waals surface area contributed by atoms with Crippen LogP contribution in [-0.2, 0) is 11.3 Å². The molecule has 0 bridgehead atoms. The number of hydrogen-bond donors (Lipinski definition) is 2. The fraction of sp³-hybridized carbons (Fsp3) is 0.500. The van der Waals surface area contributed by atoms with Crippen LogP contribution < -0.4 is 15.4 Å². The summed E-state index contributed by atoms with van der Waals surface area (Å²) in [5.74, 6) is -2.55. The van der Waals surface area contributed by atoms with Gasteiger partial charge >= 0.3 is 0 Å². The molecular weight excluding hydrogens is 266 g/mol. The molecule has 20 heavy (non-hydrogen) atoms. The van der Waals surface area contributed by atoms with Gasteiger partial charge in [-0.2, -0.15) is 0 Å². The molecule has 112 valence electrons. The Morgan fingerprint density at radius 2 is 1.95 bits per heavy atom. The summed E-state index contributed by atoms with van der Waals surface area (Å²) in [5.41, 5.74) is 0.470. The highest BCUT2D eigenvalue weighted by atomic mass is 19.1. The molecule has 0 fully saturated rings. The van der Waals surface area contributed by atoms with Crippen molar-refractivity contribution in [1.82, 2.24) is 10.6 Å². The van der Waals surface area contributed by atoms with Crippen molar-refractivity contribution in [3.8, 4) is 5.75 Å². The van der Waals surface area contributed by atoms with Gasteiger partial charge in [0.2, 0.25) is 0 Å². The second-order valence-electron chi connectivity index (χ2n) is 4.47. The van der Waals surface area contributed by atoms with Gasteiger partial charge in [0.15, 0.2) is 23.5 Å². The standard InChI is InChI=1S/C14H20F2N2O2/c1-4-5-18-14(19)9(2)20-13-11(15)6-10(8-17-3)7-12(13)16/h6-7,9,17H,4-5,8H2,1-3H3,(H,18,19). The van der Waals surface area contributed by atoms with Crippen LogP contribution in [0.15, 0.2) is 12.1 Å². The summed E-state index contributed by atoms with van der Waals surface area (Å²) in [6.07, 6.45) is -0.180. The van der Waals surface area contributed by atoms with Gasteiger partial charge in [0.25, 0.3) is 5.91 Å². The van der Waals surface area contributed by atoms with E-state index in [1.807, 2.05) is 6.92 Å². The molecule has 1 aromatic rings. The Hall–Kier alpha value is -1.69. The van der Waals surface area contributed by atoms with Crippen LogP contribution in [-0.4, -0.2) is 25.6 Å². The molecule has 0 spiro atoms. The number of halogens is 2. The average molecular weight is 286 g/mol. The van der Waals surface area contributed by atoms with Gasteiger partial charge in [0.05, 0.1) is 0 Å². The molecule has 6 heteroatoms. The lowest BCUT2D eigenvalue weighted by Crippen LogP contribution is -2.37. The number of benzene rings is 1. The summed E-state index contributed by atoms with van der Waals surface area (Å²) in [5, 5.41) is 5.41. The van der Waals surface area contributed by atoms with Gasteiger partial charge in [-0.25, -0.2) is 8.78 Å². The molecule has 0 aromatic heterocycles. The summed E-state index contributed by atoms with van der Waals surface area (Å²) in [7, 11) is 1.68. The Morgan fingerprint density at radius 1 is 1.35 bits per heavy atom. The van der Waals surface area contributed by atoms with E-state index in [1.54, 1.807) is 7.05 Å². The van der Waals surface area contributed by atoms with E-state index in [9.17, 15) is 13.6 Å². The highest BCUT2D eigenvalue weighted by molar-refractivity contribution is 5.80. The van der Waals surface area contributed by atoms with Crippen LogP contribution in [0, 0.1) is 11.6 Å². The fourth-order valence-corrected chi connectivity index (χ4v) is 1.65. The number of hydrogen-bond acceptors (Lipinski definition) is 3. The first kappa shape index (κ1) is 16.4. The summed E-state index contributed by atoms with van der Waals surface area (Å²) in [4.78, 5) is 11.6. The predicted molar refractivity (Wildman–Crippen MR) is 72.5 cm³/mol. The molecule has 0 saturated heterocycles. The van der Waals surface area contributed by atoms with Crippen LogP contribution in [0.25, 0.3) is 0 Å². The van der Waals surface area contributed by atoms with Gasteiger partial charge in [0, 0.05) is 13.1 Å². The van der Waals surface area contributed by atoms with Crippen LogP contribution in [0.2, 0.25) is 0 Å². The highest BCUT2D eigenvalue weighted by Gasteiger charge is 2.19. The molecular formula is C14H20F2N2O2. The quantitative estimate of drug-likeness (QED) is 0.806. The third kappa shape index (κ3) is 4.45. The smallest absolute Gasteiger partial charge is 0.260 e. The summed E-state index contributed by atoms with van der Waals surface area (Å²) in [6, 6.07) is 2.37. The molecule has 0 radical (unpaired) electrons. The van der Waals surface area contributed by atoms with Crippen LogP contribution in [0.4, 0.5) is 8.78 Å². The normalized spacial score (nSPS) is 12.1. The Balaban J connectivity index is 2.79.